The van der Waals surface area contributed by atoms with Gasteiger partial charge in [-0.25, -0.2) is 0 Å². The summed E-state index contributed by atoms with van der Waals surface area (Å²) >= 11 is 0. The van der Waals surface area contributed by atoms with E-state index in [4.69, 9.17) is 0 Å². The smallest absolute Gasteiger partial charge is 0.157 e. The van der Waals surface area contributed by atoms with E-state index in [1.807, 2.05) is 12.1 Å². The minimum Gasteiger partial charge on any atom is -0.508 e. The lowest BCUT2D eigenvalue weighted by atomic mass is 9.71. The highest BCUT2D eigenvalue weighted by Crippen LogP contribution is 2.44. The van der Waals surface area contributed by atoms with Crippen LogP contribution in [0.2, 0.25) is 0 Å². The zero-order valence-electron chi connectivity index (χ0n) is 12.9. The van der Waals surface area contributed by atoms with Gasteiger partial charge in [0.25, 0.3) is 0 Å². The lowest BCUT2D eigenvalue weighted by molar-refractivity contribution is 0.291. The van der Waals surface area contributed by atoms with Gasteiger partial charge in [-0.05, 0) is 66.1 Å². The maximum atomic E-state index is 9.88. The van der Waals surface area contributed by atoms with Crippen LogP contribution in [0, 0.1) is 0 Å². The van der Waals surface area contributed by atoms with E-state index in [1.165, 1.54) is 5.56 Å². The number of aryl methyl sites for hydroxylation is 1. The van der Waals surface area contributed by atoms with Gasteiger partial charge in [-0.1, -0.05) is 12.1 Å². The van der Waals surface area contributed by atoms with Gasteiger partial charge in [-0.2, -0.15) is 0 Å². The lowest BCUT2D eigenvalue weighted by Gasteiger charge is -2.41. The van der Waals surface area contributed by atoms with Crippen LogP contribution in [0.4, 0.5) is 0 Å². The molecule has 0 amide bonds. The summed E-state index contributed by atoms with van der Waals surface area (Å²) < 4.78 is 0. The summed E-state index contributed by atoms with van der Waals surface area (Å²) in [5, 5.41) is 32.7. The molecule has 0 spiro atoms. The van der Waals surface area contributed by atoms with Crippen molar-refractivity contribution >= 4 is 0 Å². The Kier molecular flexibility index (Phi) is 3.42. The summed E-state index contributed by atoms with van der Waals surface area (Å²) in [6.07, 6.45) is 3.01. The Hall–Kier alpha value is -2.20. The highest BCUT2D eigenvalue weighted by Gasteiger charge is 2.36. The molecule has 0 aromatic heterocycles. The van der Waals surface area contributed by atoms with E-state index < -0.39 is 0 Å². The number of hydrogen-bond donors (Lipinski definition) is 4. The van der Waals surface area contributed by atoms with Crippen LogP contribution in [0.15, 0.2) is 36.4 Å². The first-order valence-corrected chi connectivity index (χ1v) is 8.19. The maximum absolute atomic E-state index is 9.88. The van der Waals surface area contributed by atoms with Gasteiger partial charge in [0.1, 0.15) is 5.75 Å². The Bertz CT molecular complexity index is 726. The van der Waals surface area contributed by atoms with Gasteiger partial charge in [0, 0.05) is 18.5 Å². The topological polar surface area (TPSA) is 72.7 Å². The van der Waals surface area contributed by atoms with E-state index in [0.29, 0.717) is 23.6 Å². The molecule has 2 aromatic rings. The predicted octanol–water partition coefficient (Wildman–Crippen LogP) is 2.98. The number of piperidine rings is 1. The molecule has 0 saturated carbocycles. The van der Waals surface area contributed by atoms with Crippen molar-refractivity contribution in [2.24, 2.45) is 0 Å². The molecule has 2 aliphatic rings. The Morgan fingerprint density at radius 1 is 0.957 bits per heavy atom. The van der Waals surface area contributed by atoms with Crippen molar-refractivity contribution in [2.75, 3.05) is 6.54 Å². The number of fused-ring (bicyclic) bond motifs is 3. The normalized spacial score (nSPS) is 26.3. The number of rotatable bonds is 1. The van der Waals surface area contributed by atoms with E-state index in [0.717, 1.165) is 36.9 Å². The third-order valence-electron chi connectivity index (χ3n) is 5.38. The zero-order chi connectivity index (χ0) is 16.0. The summed E-state index contributed by atoms with van der Waals surface area (Å²) in [6.45, 7) is 0.936. The third kappa shape index (κ3) is 2.53. The molecule has 1 fully saturated rings. The van der Waals surface area contributed by atoms with Crippen LogP contribution in [-0.4, -0.2) is 27.9 Å². The summed E-state index contributed by atoms with van der Waals surface area (Å²) in [5.74, 6) is 0.965. The fourth-order valence-electron chi connectivity index (χ4n) is 4.15. The molecule has 4 rings (SSSR count). The van der Waals surface area contributed by atoms with Crippen molar-refractivity contribution < 1.29 is 15.3 Å². The van der Waals surface area contributed by atoms with Crippen molar-refractivity contribution in [1.82, 2.24) is 5.32 Å². The molecule has 23 heavy (non-hydrogen) atoms. The molecule has 0 unspecified atom stereocenters. The van der Waals surface area contributed by atoms with Crippen molar-refractivity contribution in [2.45, 2.75) is 37.1 Å². The van der Waals surface area contributed by atoms with Crippen LogP contribution in [-0.2, 0) is 6.42 Å². The number of benzene rings is 2. The molecule has 0 bridgehead atoms. The minimum atomic E-state index is -0.0313. The molecule has 4 N–H and O–H groups in total. The molecule has 3 atom stereocenters. The second kappa shape index (κ2) is 5.46. The number of hydrogen-bond acceptors (Lipinski definition) is 4. The van der Waals surface area contributed by atoms with Crippen LogP contribution >= 0.6 is 0 Å². The first kappa shape index (κ1) is 14.4. The van der Waals surface area contributed by atoms with Gasteiger partial charge >= 0.3 is 0 Å². The standard InChI is InChI=1S/C19H21NO3/c21-14-4-1-11(2-5-14)13-7-16-15-9-19(23)18(22)8-12(15)3-6-17(16)20-10-13/h1-2,4-5,8-9,13,16-17,20-23H,3,6-7,10H2/t13-,16-,17-/m1/s1. The Morgan fingerprint density at radius 3 is 2.48 bits per heavy atom. The number of phenols is 3. The van der Waals surface area contributed by atoms with Crippen molar-refractivity contribution in [3.8, 4) is 17.2 Å². The fourth-order valence-corrected chi connectivity index (χ4v) is 4.15. The van der Waals surface area contributed by atoms with E-state index in [2.05, 4.69) is 5.32 Å². The van der Waals surface area contributed by atoms with Crippen LogP contribution in [0.25, 0.3) is 0 Å². The predicted molar refractivity (Wildman–Crippen MR) is 88.1 cm³/mol. The van der Waals surface area contributed by atoms with Gasteiger partial charge < -0.3 is 20.6 Å². The zero-order valence-corrected chi connectivity index (χ0v) is 12.9. The highest BCUT2D eigenvalue weighted by molar-refractivity contribution is 5.49. The molecule has 2 aromatic carbocycles. The molecule has 0 radical (unpaired) electrons. The summed E-state index contributed by atoms with van der Waals surface area (Å²) in [5.41, 5.74) is 3.53. The lowest BCUT2D eigenvalue weighted by Crippen LogP contribution is -2.45. The molecule has 120 valence electrons. The molecular weight excluding hydrogens is 290 g/mol. The van der Waals surface area contributed by atoms with Crippen LogP contribution in [0.5, 0.6) is 17.2 Å². The second-order valence-corrected chi connectivity index (χ2v) is 6.72. The fraction of sp³-hybridized carbons (Fsp3) is 0.368. The summed E-state index contributed by atoms with van der Waals surface area (Å²) in [7, 11) is 0. The largest absolute Gasteiger partial charge is 0.508 e. The first-order valence-electron chi connectivity index (χ1n) is 8.19. The van der Waals surface area contributed by atoms with Gasteiger partial charge in [-0.15, -0.1) is 0 Å². The monoisotopic (exact) mass is 311 g/mol. The van der Waals surface area contributed by atoms with Gasteiger partial charge in [0.15, 0.2) is 11.5 Å². The van der Waals surface area contributed by atoms with Gasteiger partial charge in [0.2, 0.25) is 0 Å². The molecule has 1 aliphatic heterocycles. The second-order valence-electron chi connectivity index (χ2n) is 6.72. The summed E-state index contributed by atoms with van der Waals surface area (Å²) in [4.78, 5) is 0. The average molecular weight is 311 g/mol. The van der Waals surface area contributed by atoms with Crippen LogP contribution < -0.4 is 5.32 Å². The van der Waals surface area contributed by atoms with E-state index in [9.17, 15) is 15.3 Å². The number of phenolic OH excluding ortho intramolecular Hbond substituents is 3. The maximum Gasteiger partial charge on any atom is 0.157 e. The van der Waals surface area contributed by atoms with E-state index >= 15 is 0 Å². The number of aromatic hydroxyl groups is 3. The van der Waals surface area contributed by atoms with Gasteiger partial charge in [-0.3, -0.25) is 0 Å². The van der Waals surface area contributed by atoms with Crippen molar-refractivity contribution in [3.05, 3.63) is 53.1 Å². The third-order valence-corrected chi connectivity index (χ3v) is 5.38. The average Bonchev–Trinajstić information content (AvgIpc) is 2.56. The Balaban J connectivity index is 1.65. The number of nitrogens with one attached hydrogen (secondary N) is 1. The molecule has 4 nitrogen and oxygen atoms in total. The Labute approximate surface area is 135 Å². The van der Waals surface area contributed by atoms with E-state index in [-0.39, 0.29) is 11.5 Å². The van der Waals surface area contributed by atoms with Crippen molar-refractivity contribution in [1.29, 1.82) is 0 Å². The molecule has 4 heteroatoms. The van der Waals surface area contributed by atoms with E-state index in [1.54, 1.807) is 24.3 Å². The van der Waals surface area contributed by atoms with Crippen LogP contribution in [0.3, 0.4) is 0 Å². The highest BCUT2D eigenvalue weighted by atomic mass is 16.3. The molecule has 1 saturated heterocycles. The summed E-state index contributed by atoms with van der Waals surface area (Å²) in [6, 6.07) is 11.3. The van der Waals surface area contributed by atoms with Crippen LogP contribution in [0.1, 0.15) is 41.4 Å². The van der Waals surface area contributed by atoms with Gasteiger partial charge in [0.05, 0.1) is 0 Å². The molecule has 1 heterocycles. The Morgan fingerprint density at radius 2 is 1.70 bits per heavy atom. The SMILES string of the molecule is Oc1ccc([C@H]2CN[C@@H]3CCc4cc(O)c(O)cc4[C@H]3C2)cc1. The molecular formula is C19H21NO3. The molecule has 1 aliphatic carbocycles. The first-order chi connectivity index (χ1) is 11.1. The minimum absolute atomic E-state index is 0.0268. The van der Waals surface area contributed by atoms with Crippen molar-refractivity contribution in [3.63, 3.8) is 0 Å². The quantitative estimate of drug-likeness (QED) is 0.611.